The zero-order valence-corrected chi connectivity index (χ0v) is 21.7. The van der Waals surface area contributed by atoms with Crippen LogP contribution >= 0.6 is 0 Å². The molecule has 0 radical (unpaired) electrons. The molecule has 0 spiro atoms. The molecule has 10 heteroatoms. The molecule has 204 valence electrons. The van der Waals surface area contributed by atoms with Crippen LogP contribution in [0.5, 0.6) is 0 Å². The maximum Gasteiger partial charge on any atom is 0.224 e. The van der Waals surface area contributed by atoms with Gasteiger partial charge in [-0.1, -0.05) is 18.2 Å². The second kappa shape index (κ2) is 19.1. The Bertz CT molecular complexity index is 833. The van der Waals surface area contributed by atoms with Crippen molar-refractivity contribution in [3.8, 4) is 0 Å². The van der Waals surface area contributed by atoms with E-state index < -0.39 is 0 Å². The fraction of sp³-hybridized carbons (Fsp3) is 0.654. The van der Waals surface area contributed by atoms with Crippen molar-refractivity contribution < 1.29 is 15.2 Å². The maximum atomic E-state index is 12.2. The summed E-state index contributed by atoms with van der Waals surface area (Å²) in [5.74, 6) is -0.0232. The number of nitrogens with one attached hydrogen (secondary N) is 4. The van der Waals surface area contributed by atoms with Crippen LogP contribution in [-0.2, 0) is 11.2 Å². The lowest BCUT2D eigenvalue weighted by molar-refractivity contribution is -0.121. The zero-order valence-electron chi connectivity index (χ0n) is 21.7. The smallest absolute Gasteiger partial charge is 0.224 e. The highest BCUT2D eigenvalue weighted by Gasteiger charge is 2.09. The number of H-pyrrole nitrogens is 1. The van der Waals surface area contributed by atoms with Crippen molar-refractivity contribution in [3.63, 3.8) is 0 Å². The van der Waals surface area contributed by atoms with Gasteiger partial charge in [0.15, 0.2) is 0 Å². The van der Waals surface area contributed by atoms with Crippen molar-refractivity contribution in [2.45, 2.75) is 44.9 Å². The number of unbranched alkanes of at least 4 members (excludes halogenated alkanes) is 1. The van der Waals surface area contributed by atoms with Crippen LogP contribution in [0.1, 0.15) is 44.1 Å². The minimum atomic E-state index is -0.0232. The molecule has 0 aliphatic carbocycles. The van der Waals surface area contributed by atoms with Crippen LogP contribution in [0.3, 0.4) is 0 Å². The molecule has 0 fully saturated rings. The van der Waals surface area contributed by atoms with Gasteiger partial charge in [0, 0.05) is 49.8 Å². The van der Waals surface area contributed by atoms with E-state index in [0.29, 0.717) is 52.0 Å². The van der Waals surface area contributed by atoms with Gasteiger partial charge in [0.05, 0.1) is 6.42 Å². The van der Waals surface area contributed by atoms with Gasteiger partial charge in [-0.3, -0.25) is 4.79 Å². The molecule has 2 rings (SSSR count). The Kier molecular flexibility index (Phi) is 16.0. The number of carbonyl (C=O) groups excluding carboxylic acids is 1. The number of carbonyl (C=O) groups is 1. The first-order valence-electron chi connectivity index (χ1n) is 13.4. The molecule has 1 aromatic heterocycles. The number of rotatable bonds is 22. The van der Waals surface area contributed by atoms with Crippen LogP contribution in [0.2, 0.25) is 0 Å². The van der Waals surface area contributed by atoms with Gasteiger partial charge in [0.2, 0.25) is 5.91 Å². The molecule has 0 saturated heterocycles. The van der Waals surface area contributed by atoms with Gasteiger partial charge in [-0.25, -0.2) is 0 Å². The first-order chi connectivity index (χ1) is 17.6. The summed E-state index contributed by atoms with van der Waals surface area (Å²) in [6.45, 7) is 7.26. The summed E-state index contributed by atoms with van der Waals surface area (Å²) in [7, 11) is 0. The Morgan fingerprint density at radius 1 is 0.806 bits per heavy atom. The number of aromatic nitrogens is 1. The normalized spacial score (nSPS) is 11.7. The number of aromatic amines is 1. The van der Waals surface area contributed by atoms with Gasteiger partial charge in [-0.2, -0.15) is 10.1 Å². The first-order valence-corrected chi connectivity index (χ1v) is 13.4. The van der Waals surface area contributed by atoms with Gasteiger partial charge in [0.1, 0.15) is 0 Å². The van der Waals surface area contributed by atoms with E-state index in [1.54, 1.807) is 0 Å². The Morgan fingerprint density at radius 2 is 1.39 bits per heavy atom. The highest BCUT2D eigenvalue weighted by molar-refractivity contribution is 5.88. The molecule has 0 aliphatic heterocycles. The highest BCUT2D eigenvalue weighted by atomic mass is 16.5. The third-order valence-corrected chi connectivity index (χ3v) is 6.06. The van der Waals surface area contributed by atoms with E-state index in [9.17, 15) is 15.2 Å². The minimum Gasteiger partial charge on any atom is -0.361 e. The molecule has 1 heterocycles. The molecule has 1 amide bonds. The van der Waals surface area contributed by atoms with Crippen molar-refractivity contribution >= 4 is 16.8 Å². The summed E-state index contributed by atoms with van der Waals surface area (Å²) < 4.78 is 0. The quantitative estimate of drug-likeness (QED) is 0.0947. The number of para-hydroxylation sites is 1. The lowest BCUT2D eigenvalue weighted by Crippen LogP contribution is -2.31. The molecule has 0 saturated carbocycles. The number of hydrogen-bond acceptors (Lipinski definition) is 8. The van der Waals surface area contributed by atoms with Crippen molar-refractivity contribution in [2.75, 3.05) is 65.4 Å². The summed E-state index contributed by atoms with van der Waals surface area (Å²) in [5.41, 5.74) is 7.48. The summed E-state index contributed by atoms with van der Waals surface area (Å²) in [4.78, 5) is 15.4. The van der Waals surface area contributed by atoms with Gasteiger partial charge < -0.3 is 37.1 Å². The Morgan fingerprint density at radius 3 is 2.08 bits per heavy atom. The second-order valence-corrected chi connectivity index (χ2v) is 9.20. The number of fused-ring (bicyclic) bond motifs is 1. The van der Waals surface area contributed by atoms with Crippen LogP contribution < -0.4 is 21.7 Å². The fourth-order valence-corrected chi connectivity index (χ4v) is 4.03. The van der Waals surface area contributed by atoms with Crippen molar-refractivity contribution in [1.29, 1.82) is 0 Å². The largest absolute Gasteiger partial charge is 0.361 e. The van der Waals surface area contributed by atoms with Crippen LogP contribution in [0.15, 0.2) is 30.5 Å². The summed E-state index contributed by atoms with van der Waals surface area (Å²) in [6, 6.07) is 7.94. The van der Waals surface area contributed by atoms with E-state index in [4.69, 9.17) is 5.73 Å². The monoisotopic (exact) mass is 505 g/mol. The van der Waals surface area contributed by atoms with Gasteiger partial charge in [0.25, 0.3) is 0 Å². The Labute approximate surface area is 215 Å². The second-order valence-electron chi connectivity index (χ2n) is 9.20. The van der Waals surface area contributed by atoms with Crippen molar-refractivity contribution in [2.24, 2.45) is 5.73 Å². The minimum absolute atomic E-state index is 0.0232. The lowest BCUT2D eigenvalue weighted by atomic mass is 10.1. The number of nitrogens with zero attached hydrogens (tertiary/aromatic N) is 2. The average molecular weight is 506 g/mol. The van der Waals surface area contributed by atoms with Crippen LogP contribution in [-0.4, -0.2) is 96.9 Å². The molecule has 2 aromatic rings. The molecule has 10 nitrogen and oxygen atoms in total. The fourth-order valence-electron chi connectivity index (χ4n) is 4.03. The number of amides is 1. The predicted octanol–water partition coefficient (Wildman–Crippen LogP) is 1.69. The molecule has 0 aliphatic rings. The van der Waals surface area contributed by atoms with Crippen LogP contribution in [0.25, 0.3) is 10.9 Å². The summed E-state index contributed by atoms with van der Waals surface area (Å²) in [6.07, 6.45) is 7.75. The van der Waals surface area contributed by atoms with E-state index in [1.807, 2.05) is 30.5 Å². The van der Waals surface area contributed by atoms with Gasteiger partial charge >= 0.3 is 0 Å². The number of nitrogens with two attached hydrogens (primary N) is 1. The number of hydrogen-bond donors (Lipinski definition) is 7. The van der Waals surface area contributed by atoms with E-state index >= 15 is 0 Å². The molecular formula is C26H47N7O3. The topological polar surface area (TPSA) is 142 Å². The SMILES string of the molecule is NCCCNCCCCNCCCN(O)CCCN(O)CCCNC(=O)Cc1c[nH]c2ccccc12. The number of benzene rings is 1. The molecule has 0 bridgehead atoms. The van der Waals surface area contributed by atoms with E-state index in [1.165, 1.54) is 10.1 Å². The molecule has 1 aromatic carbocycles. The molecule has 0 atom stereocenters. The Hall–Kier alpha value is -2.05. The predicted molar refractivity (Wildman–Crippen MR) is 144 cm³/mol. The van der Waals surface area contributed by atoms with Crippen LogP contribution in [0, 0.1) is 0 Å². The van der Waals surface area contributed by atoms with E-state index in [2.05, 4.69) is 20.9 Å². The third-order valence-electron chi connectivity index (χ3n) is 6.06. The lowest BCUT2D eigenvalue weighted by Gasteiger charge is -2.18. The van der Waals surface area contributed by atoms with Crippen LogP contribution in [0.4, 0.5) is 0 Å². The van der Waals surface area contributed by atoms with Gasteiger partial charge in [-0.15, -0.1) is 0 Å². The van der Waals surface area contributed by atoms with E-state index in [-0.39, 0.29) is 5.91 Å². The molecule has 0 unspecified atom stereocenters. The molecular weight excluding hydrogens is 458 g/mol. The zero-order chi connectivity index (χ0) is 25.8. The van der Waals surface area contributed by atoms with E-state index in [0.717, 1.165) is 74.9 Å². The summed E-state index contributed by atoms with van der Waals surface area (Å²) in [5, 5.41) is 33.4. The standard InChI is InChI=1S/C26H47N7O3/c27-11-5-14-28-12-3-4-13-29-15-6-17-32(35)19-8-20-33(36)18-7-16-30-26(34)21-23-22-31-25-10-2-1-9-24(23)25/h1-2,9-10,22,28-29,31,35-36H,3-8,11-21,27H2,(H,30,34). The molecule has 8 N–H and O–H groups in total. The van der Waals surface area contributed by atoms with Gasteiger partial charge in [-0.05, 0) is 82.9 Å². The maximum absolute atomic E-state index is 12.2. The number of hydroxylamine groups is 4. The van der Waals surface area contributed by atoms with Crippen molar-refractivity contribution in [3.05, 3.63) is 36.0 Å². The first kappa shape index (κ1) is 30.2. The third kappa shape index (κ3) is 13.3. The molecule has 36 heavy (non-hydrogen) atoms. The highest BCUT2D eigenvalue weighted by Crippen LogP contribution is 2.17. The Balaban J connectivity index is 1.38. The average Bonchev–Trinajstić information content (AvgIpc) is 3.28. The summed E-state index contributed by atoms with van der Waals surface area (Å²) >= 11 is 0. The van der Waals surface area contributed by atoms with Crippen molar-refractivity contribution in [1.82, 2.24) is 31.1 Å².